The van der Waals surface area contributed by atoms with Crippen LogP contribution < -0.4 is 15.0 Å². The molecule has 8 rings (SSSR count). The number of benzene rings is 2. The lowest BCUT2D eigenvalue weighted by atomic mass is 9.91. The maximum absolute atomic E-state index is 16.5. The van der Waals surface area contributed by atoms with E-state index < -0.39 is 43.5 Å². The molecular weight excluding hydrogens is 857 g/mol. The summed E-state index contributed by atoms with van der Waals surface area (Å²) in [6.45, 7) is 24.9. The summed E-state index contributed by atoms with van der Waals surface area (Å²) in [5, 5.41) is 4.31. The van der Waals surface area contributed by atoms with Crippen LogP contribution in [0.3, 0.4) is 0 Å². The molecule has 1 aromatic heterocycles. The number of hydrogen-bond donors (Lipinski definition) is 1. The van der Waals surface area contributed by atoms with Crippen molar-refractivity contribution in [2.45, 2.75) is 186 Å². The lowest BCUT2D eigenvalue weighted by Gasteiger charge is -2.44. The van der Waals surface area contributed by atoms with E-state index in [4.69, 9.17) is 33.7 Å². The Morgan fingerprint density at radius 1 is 1.02 bits per heavy atom. The summed E-state index contributed by atoms with van der Waals surface area (Å²) in [5.74, 6) is 3.79. The molecule has 11 nitrogen and oxygen atoms in total. The van der Waals surface area contributed by atoms with Crippen LogP contribution >= 0.6 is 0 Å². The van der Waals surface area contributed by atoms with E-state index in [1.54, 1.807) is 6.07 Å². The Kier molecular flexibility index (Phi) is 14.2. The van der Waals surface area contributed by atoms with Gasteiger partial charge in [0.1, 0.15) is 38.1 Å². The third-order valence-electron chi connectivity index (χ3n) is 15.0. The monoisotopic (exact) mass is 930 g/mol. The first-order valence-electron chi connectivity index (χ1n) is 24.6. The SMILES string of the molecule is CC(C)[Si](C#Cc1c(F)ccc2cc(NC(=O)OC(C)(C)C)cc(C3Cc4nc(OC[C@@]56CCCN5C[C@H](F)C6)nc(N5CCCC(C)(OC6CCCCO6)C5)c4CO3)c12)(C(C)C)C(C)C. The molecule has 5 aliphatic rings. The number of halogens is 2. The molecule has 1 N–H and O–H groups in total. The number of piperidine rings is 1. The van der Waals surface area contributed by atoms with Crippen molar-refractivity contribution in [2.75, 3.05) is 49.6 Å². The smallest absolute Gasteiger partial charge is 0.412 e. The summed E-state index contributed by atoms with van der Waals surface area (Å²) in [6, 6.07) is 7.17. The largest absolute Gasteiger partial charge is 0.461 e. The molecule has 2 aromatic carbocycles. The van der Waals surface area contributed by atoms with E-state index in [-0.39, 0.29) is 24.4 Å². The third-order valence-corrected chi connectivity index (χ3v) is 21.3. The van der Waals surface area contributed by atoms with Crippen molar-refractivity contribution in [3.8, 4) is 17.5 Å². The lowest BCUT2D eigenvalue weighted by Crippen LogP contribution is -2.51. The second kappa shape index (κ2) is 19.3. The Labute approximate surface area is 392 Å². The average molecular weight is 930 g/mol. The highest BCUT2D eigenvalue weighted by Crippen LogP contribution is 2.45. The molecule has 0 bridgehead atoms. The number of nitrogens with zero attached hydrogens (tertiary/aromatic N) is 4. The Morgan fingerprint density at radius 2 is 1.77 bits per heavy atom. The van der Waals surface area contributed by atoms with Crippen molar-refractivity contribution in [2.24, 2.45) is 0 Å². The van der Waals surface area contributed by atoms with E-state index in [0.29, 0.717) is 78.0 Å². The van der Waals surface area contributed by atoms with Crippen LogP contribution in [0.5, 0.6) is 6.01 Å². The van der Waals surface area contributed by atoms with Gasteiger partial charge in [-0.05, 0) is 125 Å². The maximum atomic E-state index is 16.5. The summed E-state index contributed by atoms with van der Waals surface area (Å²) in [4.78, 5) is 28.0. The van der Waals surface area contributed by atoms with Crippen molar-refractivity contribution < 1.29 is 37.3 Å². The first-order chi connectivity index (χ1) is 31.3. The van der Waals surface area contributed by atoms with Crippen molar-refractivity contribution in [3.05, 3.63) is 52.5 Å². The first kappa shape index (κ1) is 48.6. The normalized spacial score (nSPS) is 26.1. The zero-order chi connectivity index (χ0) is 47.2. The summed E-state index contributed by atoms with van der Waals surface area (Å²) in [5.41, 5.74) is 6.38. The van der Waals surface area contributed by atoms with E-state index in [2.05, 4.69) is 75.0 Å². The fraction of sp³-hybridized carbons (Fsp3) is 0.673. The topological polar surface area (TPSA) is 108 Å². The van der Waals surface area contributed by atoms with Gasteiger partial charge in [-0.25, -0.2) is 13.6 Å². The molecule has 3 aromatic rings. The molecule has 5 atom stereocenters. The van der Waals surface area contributed by atoms with E-state index >= 15 is 4.39 Å². The highest BCUT2D eigenvalue weighted by Gasteiger charge is 2.50. The van der Waals surface area contributed by atoms with Gasteiger partial charge in [0.2, 0.25) is 0 Å². The lowest BCUT2D eigenvalue weighted by molar-refractivity contribution is -0.221. The van der Waals surface area contributed by atoms with Crippen LogP contribution in [0.2, 0.25) is 16.6 Å². The van der Waals surface area contributed by atoms with Gasteiger partial charge in [-0.2, -0.15) is 9.97 Å². The van der Waals surface area contributed by atoms with Gasteiger partial charge in [0.05, 0.1) is 35.1 Å². The second-order valence-corrected chi connectivity index (χ2v) is 27.5. The maximum Gasteiger partial charge on any atom is 0.412 e. The highest BCUT2D eigenvalue weighted by molar-refractivity contribution is 6.90. The van der Waals surface area contributed by atoms with Crippen LogP contribution in [0.15, 0.2) is 24.3 Å². The van der Waals surface area contributed by atoms with Crippen LogP contribution in [-0.2, 0) is 32.0 Å². The van der Waals surface area contributed by atoms with Crippen LogP contribution in [0.1, 0.15) is 149 Å². The van der Waals surface area contributed by atoms with Crippen LogP contribution in [0.4, 0.5) is 25.1 Å². The van der Waals surface area contributed by atoms with Gasteiger partial charge in [-0.15, -0.1) is 5.54 Å². The number of hydrogen-bond acceptors (Lipinski definition) is 10. The predicted molar refractivity (Wildman–Crippen MR) is 258 cm³/mol. The van der Waals surface area contributed by atoms with Crippen LogP contribution in [0.25, 0.3) is 10.8 Å². The van der Waals surface area contributed by atoms with Crippen molar-refractivity contribution in [3.63, 3.8) is 0 Å². The van der Waals surface area contributed by atoms with E-state index in [0.717, 1.165) is 80.5 Å². The molecule has 4 fully saturated rings. The van der Waals surface area contributed by atoms with Gasteiger partial charge in [0, 0.05) is 55.7 Å². The summed E-state index contributed by atoms with van der Waals surface area (Å²) in [6.07, 6.45) is 5.08. The quantitative estimate of drug-likeness (QED) is 0.148. The number of alkyl halides is 1. The number of fused-ring (bicyclic) bond motifs is 3. The molecule has 66 heavy (non-hydrogen) atoms. The second-order valence-electron chi connectivity index (χ2n) is 21.9. The standard InChI is InChI=1S/C52H73F2N5O6Si/c1-33(2)66(34(3)4,35(5)6)24-18-39-42(54)17-16-36-25-38(55-49(60)65-50(7,8)9)26-40(46(36)39)44-27-43-41(30-62-44)47(58-21-13-19-51(10,31-58)64-45-15-11-12-23-61-45)57-48(56-43)63-32-52-20-14-22-59(52)29-37(53)28-52/h16-17,25-26,33-35,37,44-45H,11-15,19-23,27-32H2,1-10H3,(H,55,60)/t37-,44?,45?,51?,52+/m1/s1. The van der Waals surface area contributed by atoms with Gasteiger partial charge in [0.25, 0.3) is 0 Å². The van der Waals surface area contributed by atoms with Gasteiger partial charge in [-0.3, -0.25) is 10.2 Å². The highest BCUT2D eigenvalue weighted by atomic mass is 28.3. The Morgan fingerprint density at radius 3 is 2.48 bits per heavy atom. The summed E-state index contributed by atoms with van der Waals surface area (Å²) >= 11 is 0. The molecule has 0 aliphatic carbocycles. The minimum Gasteiger partial charge on any atom is -0.461 e. The Balaban J connectivity index is 1.22. The fourth-order valence-electron chi connectivity index (χ4n) is 12.0. The average Bonchev–Trinajstić information content (AvgIpc) is 3.77. The molecule has 0 saturated carbocycles. The Hall–Kier alpha value is -3.87. The van der Waals surface area contributed by atoms with Gasteiger partial charge < -0.3 is 28.6 Å². The van der Waals surface area contributed by atoms with Crippen molar-refractivity contribution in [1.82, 2.24) is 14.9 Å². The zero-order valence-corrected chi connectivity index (χ0v) is 42.1. The number of ether oxygens (including phenoxy) is 5. The molecule has 1 amide bonds. The number of aromatic nitrogens is 2. The van der Waals surface area contributed by atoms with E-state index in [1.165, 1.54) is 6.07 Å². The van der Waals surface area contributed by atoms with Crippen molar-refractivity contribution in [1.29, 1.82) is 0 Å². The summed E-state index contributed by atoms with van der Waals surface area (Å²) in [7, 11) is -2.27. The predicted octanol–water partition coefficient (Wildman–Crippen LogP) is 11.4. The number of anilines is 2. The number of amides is 1. The van der Waals surface area contributed by atoms with Gasteiger partial charge >= 0.3 is 12.1 Å². The van der Waals surface area contributed by atoms with Gasteiger partial charge in [-0.1, -0.05) is 53.5 Å². The molecule has 0 radical (unpaired) electrons. The molecule has 4 saturated heterocycles. The molecular formula is C52H73F2N5O6Si. The molecule has 0 spiro atoms. The first-order valence-corrected chi connectivity index (χ1v) is 26.9. The molecule has 5 aliphatic heterocycles. The minimum absolute atomic E-state index is 0.183. The fourth-order valence-corrected chi connectivity index (χ4v) is 17.2. The minimum atomic E-state index is -2.27. The molecule has 360 valence electrons. The van der Waals surface area contributed by atoms with Gasteiger partial charge in [0.15, 0.2) is 6.29 Å². The van der Waals surface area contributed by atoms with Crippen LogP contribution in [-0.4, -0.2) is 97.6 Å². The third kappa shape index (κ3) is 10.1. The molecule has 3 unspecified atom stereocenters. The molecule has 14 heteroatoms. The number of carbonyl (C=O) groups is 1. The van der Waals surface area contributed by atoms with E-state index in [1.807, 2.05) is 32.9 Å². The molecule has 6 heterocycles. The number of nitrogens with one attached hydrogen (secondary N) is 1. The zero-order valence-electron chi connectivity index (χ0n) is 41.1. The van der Waals surface area contributed by atoms with Crippen molar-refractivity contribution >= 4 is 36.4 Å². The number of carbonyl (C=O) groups excluding carboxylic acids is 1. The number of rotatable bonds is 11. The van der Waals surface area contributed by atoms with Crippen LogP contribution in [0, 0.1) is 17.3 Å². The summed E-state index contributed by atoms with van der Waals surface area (Å²) < 4.78 is 63.4. The van der Waals surface area contributed by atoms with E-state index in [9.17, 15) is 9.18 Å². The Bertz CT molecular complexity index is 2300.